The number of esters is 1. The van der Waals surface area contributed by atoms with Gasteiger partial charge in [0.25, 0.3) is 0 Å². The quantitative estimate of drug-likeness (QED) is 0.745. The Morgan fingerprint density at radius 2 is 2.29 bits per heavy atom. The second kappa shape index (κ2) is 4.59. The number of rotatable bonds is 3. The van der Waals surface area contributed by atoms with Gasteiger partial charge in [0.05, 0.1) is 19.1 Å². The van der Waals surface area contributed by atoms with Crippen molar-refractivity contribution in [3.05, 3.63) is 48.5 Å². The monoisotopic (exact) mass is 232 g/mol. The fraction of sp³-hybridized carbons (Fsp3) is 0.308. The molecular formula is C13H16N2O2. The molecule has 0 aromatic rings. The molecule has 90 valence electrons. The minimum Gasteiger partial charge on any atom is -0.469 e. The molecule has 0 aromatic carbocycles. The maximum Gasteiger partial charge on any atom is 0.308 e. The second-order valence-electron chi connectivity index (χ2n) is 4.04. The number of carbonyl (C=O) groups is 1. The van der Waals surface area contributed by atoms with Crippen LogP contribution in [-0.2, 0) is 9.53 Å². The van der Waals surface area contributed by atoms with E-state index in [2.05, 4.69) is 5.32 Å². The zero-order valence-corrected chi connectivity index (χ0v) is 10.0. The number of hydrogen-bond acceptors (Lipinski definition) is 4. The molecule has 4 nitrogen and oxygen atoms in total. The molecule has 1 N–H and O–H groups in total. The number of methoxy groups -OCH3 is 1. The number of carbonyl (C=O) groups excluding carboxylic acids is 1. The fourth-order valence-corrected chi connectivity index (χ4v) is 1.92. The van der Waals surface area contributed by atoms with Gasteiger partial charge in [0.1, 0.15) is 0 Å². The first-order valence-electron chi connectivity index (χ1n) is 5.50. The first-order valence-corrected chi connectivity index (χ1v) is 5.50. The first-order chi connectivity index (χ1) is 8.19. The Morgan fingerprint density at radius 3 is 3.00 bits per heavy atom. The Hall–Kier alpha value is -1.81. The third-order valence-electron chi connectivity index (χ3n) is 2.99. The van der Waals surface area contributed by atoms with E-state index >= 15 is 0 Å². The highest BCUT2D eigenvalue weighted by atomic mass is 16.5. The molecule has 2 aliphatic rings. The van der Waals surface area contributed by atoms with E-state index in [-0.39, 0.29) is 12.4 Å². The van der Waals surface area contributed by atoms with E-state index in [1.165, 1.54) is 7.11 Å². The van der Waals surface area contributed by atoms with Crippen molar-refractivity contribution in [2.24, 2.45) is 0 Å². The van der Waals surface area contributed by atoms with Crippen LogP contribution in [0.4, 0.5) is 0 Å². The lowest BCUT2D eigenvalue weighted by atomic mass is 9.91. The molecule has 4 heteroatoms. The predicted octanol–water partition coefficient (Wildman–Crippen LogP) is 1.30. The van der Waals surface area contributed by atoms with Crippen LogP contribution in [0.25, 0.3) is 0 Å². The number of allylic oxidation sites excluding steroid dienone is 3. The molecule has 2 aliphatic heterocycles. The summed E-state index contributed by atoms with van der Waals surface area (Å²) >= 11 is 0. The zero-order valence-electron chi connectivity index (χ0n) is 10.0. The molecule has 1 unspecified atom stereocenters. The molecule has 0 aliphatic carbocycles. The van der Waals surface area contributed by atoms with Crippen LogP contribution in [0.5, 0.6) is 0 Å². The fourth-order valence-electron chi connectivity index (χ4n) is 1.92. The van der Waals surface area contributed by atoms with Crippen LogP contribution in [-0.4, -0.2) is 30.6 Å². The number of nitrogens with one attached hydrogen (secondary N) is 1. The van der Waals surface area contributed by atoms with Crippen molar-refractivity contribution in [2.75, 3.05) is 14.2 Å². The maximum atomic E-state index is 11.4. The summed E-state index contributed by atoms with van der Waals surface area (Å²) < 4.78 is 4.73. The number of hydrogen-bond donors (Lipinski definition) is 1. The molecule has 2 heterocycles. The van der Waals surface area contributed by atoms with Crippen molar-refractivity contribution >= 4 is 5.97 Å². The van der Waals surface area contributed by atoms with Crippen molar-refractivity contribution < 1.29 is 9.53 Å². The Kier molecular flexibility index (Phi) is 3.15. The van der Waals surface area contributed by atoms with E-state index in [1.807, 2.05) is 54.7 Å². The molecule has 0 saturated carbocycles. The zero-order chi connectivity index (χ0) is 12.3. The lowest BCUT2D eigenvalue weighted by Gasteiger charge is -2.34. The van der Waals surface area contributed by atoms with Gasteiger partial charge < -0.3 is 15.0 Å². The molecule has 0 fully saturated rings. The van der Waals surface area contributed by atoms with Gasteiger partial charge in [-0.1, -0.05) is 6.08 Å². The summed E-state index contributed by atoms with van der Waals surface area (Å²) in [6, 6.07) is 0. The first kappa shape index (κ1) is 11.7. The van der Waals surface area contributed by atoms with Crippen LogP contribution in [0.15, 0.2) is 48.5 Å². The topological polar surface area (TPSA) is 41.6 Å². The molecule has 0 amide bonds. The van der Waals surface area contributed by atoms with Crippen molar-refractivity contribution in [2.45, 2.75) is 12.0 Å². The summed E-state index contributed by atoms with van der Waals surface area (Å²) in [5.74, 6) is -0.232. The molecule has 0 spiro atoms. The third kappa shape index (κ3) is 2.31. The molecule has 0 aromatic heterocycles. The van der Waals surface area contributed by atoms with E-state index in [1.54, 1.807) is 0 Å². The summed E-state index contributed by atoms with van der Waals surface area (Å²) in [5.41, 5.74) is 0.585. The van der Waals surface area contributed by atoms with Crippen LogP contribution >= 0.6 is 0 Å². The van der Waals surface area contributed by atoms with Crippen LogP contribution < -0.4 is 5.32 Å². The van der Waals surface area contributed by atoms with E-state index in [9.17, 15) is 4.79 Å². The highest BCUT2D eigenvalue weighted by Gasteiger charge is 2.30. The minimum atomic E-state index is -0.464. The lowest BCUT2D eigenvalue weighted by Crippen LogP contribution is -2.44. The van der Waals surface area contributed by atoms with Gasteiger partial charge in [0.15, 0.2) is 0 Å². The summed E-state index contributed by atoms with van der Waals surface area (Å²) in [6.07, 6.45) is 14.2. The highest BCUT2D eigenvalue weighted by molar-refractivity contribution is 5.72. The summed E-state index contributed by atoms with van der Waals surface area (Å²) in [6.45, 7) is 0. The van der Waals surface area contributed by atoms with Crippen LogP contribution in [0.1, 0.15) is 6.42 Å². The summed E-state index contributed by atoms with van der Waals surface area (Å²) in [7, 11) is 3.24. The predicted molar refractivity (Wildman–Crippen MR) is 65.8 cm³/mol. The van der Waals surface area contributed by atoms with E-state index in [4.69, 9.17) is 4.74 Å². The van der Waals surface area contributed by atoms with Crippen molar-refractivity contribution in [1.82, 2.24) is 10.2 Å². The largest absolute Gasteiger partial charge is 0.469 e. The SMILES string of the molecule is CNC1(CC(=O)OC)C=CN2C=CC=CC2=C1. The normalized spacial score (nSPS) is 25.5. The average Bonchev–Trinajstić information content (AvgIpc) is 2.38. The molecule has 2 rings (SSSR count). The molecule has 0 saturated heterocycles. The van der Waals surface area contributed by atoms with E-state index < -0.39 is 5.54 Å². The smallest absolute Gasteiger partial charge is 0.308 e. The van der Waals surface area contributed by atoms with Gasteiger partial charge in [-0.3, -0.25) is 4.79 Å². The summed E-state index contributed by atoms with van der Waals surface area (Å²) in [5, 5.41) is 3.17. The van der Waals surface area contributed by atoms with E-state index in [0.717, 1.165) is 5.70 Å². The molecular weight excluding hydrogens is 216 g/mol. The van der Waals surface area contributed by atoms with Crippen molar-refractivity contribution in [1.29, 1.82) is 0 Å². The number of ether oxygens (including phenoxy) is 1. The second-order valence-corrected chi connectivity index (χ2v) is 4.04. The lowest BCUT2D eigenvalue weighted by molar-refractivity contribution is -0.141. The van der Waals surface area contributed by atoms with Crippen molar-refractivity contribution in [3.8, 4) is 0 Å². The Morgan fingerprint density at radius 1 is 1.47 bits per heavy atom. The molecule has 17 heavy (non-hydrogen) atoms. The van der Waals surface area contributed by atoms with Gasteiger partial charge in [-0.05, 0) is 31.4 Å². The molecule has 1 atom stereocenters. The van der Waals surface area contributed by atoms with Gasteiger partial charge >= 0.3 is 5.97 Å². The van der Waals surface area contributed by atoms with Gasteiger partial charge in [-0.25, -0.2) is 0 Å². The number of likely N-dealkylation sites (N-methyl/N-ethyl adjacent to an activating group) is 1. The van der Waals surface area contributed by atoms with E-state index in [0.29, 0.717) is 0 Å². The van der Waals surface area contributed by atoms with Gasteiger partial charge in [0.2, 0.25) is 0 Å². The Balaban J connectivity index is 2.25. The molecule has 0 radical (unpaired) electrons. The summed E-state index contributed by atoms with van der Waals surface area (Å²) in [4.78, 5) is 13.4. The maximum absolute atomic E-state index is 11.4. The van der Waals surface area contributed by atoms with Gasteiger partial charge in [-0.15, -0.1) is 0 Å². The number of nitrogens with zero attached hydrogens (tertiary/aromatic N) is 1. The van der Waals surface area contributed by atoms with Crippen LogP contribution in [0.3, 0.4) is 0 Å². The van der Waals surface area contributed by atoms with Crippen LogP contribution in [0.2, 0.25) is 0 Å². The Bertz CT molecular complexity index is 435. The average molecular weight is 232 g/mol. The number of fused-ring (bicyclic) bond motifs is 1. The van der Waals surface area contributed by atoms with Gasteiger partial charge in [0, 0.05) is 18.1 Å². The Labute approximate surface area is 101 Å². The van der Waals surface area contributed by atoms with Gasteiger partial charge in [-0.2, -0.15) is 0 Å². The third-order valence-corrected chi connectivity index (χ3v) is 2.99. The highest BCUT2D eigenvalue weighted by Crippen LogP contribution is 2.26. The van der Waals surface area contributed by atoms with Crippen LogP contribution in [0, 0.1) is 0 Å². The standard InChI is InChI=1S/C13H16N2O2/c1-14-13(10-12(16)17-2)6-8-15-7-4-3-5-11(15)9-13/h3-9,14H,10H2,1-2H3. The minimum absolute atomic E-state index is 0.232. The van der Waals surface area contributed by atoms with Crippen molar-refractivity contribution in [3.63, 3.8) is 0 Å². The molecule has 0 bridgehead atoms.